The van der Waals surface area contributed by atoms with Crippen LogP contribution in [-0.4, -0.2) is 37.5 Å². The molecular weight excluding hydrogens is 268 g/mol. The first-order valence-electron chi connectivity index (χ1n) is 6.21. The Morgan fingerprint density at radius 3 is 2.74 bits per heavy atom. The van der Waals surface area contributed by atoms with E-state index in [1.807, 2.05) is 6.92 Å². The van der Waals surface area contributed by atoms with E-state index in [0.29, 0.717) is 36.7 Å². The molecule has 0 amide bonds. The zero-order chi connectivity index (χ0) is 14.4. The lowest BCUT2D eigenvalue weighted by atomic mass is 10.2. The van der Waals surface area contributed by atoms with Crippen LogP contribution in [0.25, 0.3) is 0 Å². The molecule has 1 aromatic heterocycles. The number of aryl methyl sites for hydroxylation is 2. The summed E-state index contributed by atoms with van der Waals surface area (Å²) < 4.78 is 12.5. The molecule has 1 aromatic rings. The molecular formula is C11H20N4O3S. The number of nitrogens with one attached hydrogen (secondary N) is 1. The van der Waals surface area contributed by atoms with Gasteiger partial charge in [0.25, 0.3) is 0 Å². The molecule has 0 radical (unpaired) electrons. The van der Waals surface area contributed by atoms with Crippen molar-refractivity contribution in [3.63, 3.8) is 0 Å². The summed E-state index contributed by atoms with van der Waals surface area (Å²) in [5, 5.41) is 18.3. The lowest BCUT2D eigenvalue weighted by Gasteiger charge is -2.05. The molecule has 0 spiro atoms. The second-order valence-corrected chi connectivity index (χ2v) is 5.89. The molecule has 19 heavy (non-hydrogen) atoms. The first kappa shape index (κ1) is 15.6. The monoisotopic (exact) mass is 288 g/mol. The molecule has 0 bridgehead atoms. The first-order valence-corrected chi connectivity index (χ1v) is 7.94. The standard InChI is InChI=1S/C11H20N4O3S/c1-4-6-9-10(15(16)17)11(14(2)13-9)12-7-5-8-19(3)18/h12H,4-8H2,1-3H3. The third-order valence-corrected chi connectivity index (χ3v) is 3.53. The lowest BCUT2D eigenvalue weighted by Crippen LogP contribution is -2.10. The third-order valence-electron chi connectivity index (χ3n) is 2.66. The van der Waals surface area contributed by atoms with E-state index >= 15 is 0 Å². The summed E-state index contributed by atoms with van der Waals surface area (Å²) in [6.07, 6.45) is 3.75. The molecule has 0 fully saturated rings. The van der Waals surface area contributed by atoms with E-state index in [1.165, 1.54) is 4.68 Å². The van der Waals surface area contributed by atoms with Gasteiger partial charge in [-0.05, 0) is 12.8 Å². The highest BCUT2D eigenvalue weighted by Crippen LogP contribution is 2.28. The number of aromatic nitrogens is 2. The van der Waals surface area contributed by atoms with Crippen LogP contribution in [0.2, 0.25) is 0 Å². The summed E-state index contributed by atoms with van der Waals surface area (Å²) in [6, 6.07) is 0. The van der Waals surface area contributed by atoms with Crippen molar-refractivity contribution >= 4 is 22.3 Å². The number of hydrogen-bond acceptors (Lipinski definition) is 5. The summed E-state index contributed by atoms with van der Waals surface area (Å²) in [4.78, 5) is 10.7. The molecule has 1 unspecified atom stereocenters. The summed E-state index contributed by atoms with van der Waals surface area (Å²) in [6.45, 7) is 2.51. The molecule has 1 heterocycles. The molecule has 0 aliphatic carbocycles. The molecule has 0 aliphatic heterocycles. The highest BCUT2D eigenvalue weighted by molar-refractivity contribution is 7.84. The van der Waals surface area contributed by atoms with Gasteiger partial charge in [0.05, 0.1) is 4.92 Å². The summed E-state index contributed by atoms with van der Waals surface area (Å²) in [7, 11) is 0.850. The maximum absolute atomic E-state index is 11.1. The SMILES string of the molecule is CCCc1nn(C)c(NCCCS(C)=O)c1[N+](=O)[O-]. The fraction of sp³-hybridized carbons (Fsp3) is 0.727. The minimum absolute atomic E-state index is 0.0574. The van der Waals surface area contributed by atoms with Crippen LogP contribution in [0.5, 0.6) is 0 Å². The highest BCUT2D eigenvalue weighted by atomic mass is 32.2. The van der Waals surface area contributed by atoms with Gasteiger partial charge in [0.2, 0.25) is 5.82 Å². The van der Waals surface area contributed by atoms with Crippen molar-refractivity contribution < 1.29 is 9.13 Å². The second kappa shape index (κ2) is 7.22. The van der Waals surface area contributed by atoms with Gasteiger partial charge < -0.3 is 5.32 Å². The van der Waals surface area contributed by atoms with E-state index < -0.39 is 15.7 Å². The van der Waals surface area contributed by atoms with Gasteiger partial charge in [-0.3, -0.25) is 14.3 Å². The molecule has 108 valence electrons. The van der Waals surface area contributed by atoms with E-state index in [9.17, 15) is 14.3 Å². The topological polar surface area (TPSA) is 90.1 Å². The average molecular weight is 288 g/mol. The van der Waals surface area contributed by atoms with Gasteiger partial charge in [-0.2, -0.15) is 5.10 Å². The van der Waals surface area contributed by atoms with Gasteiger partial charge in [0.15, 0.2) is 0 Å². The summed E-state index contributed by atoms with van der Waals surface area (Å²) >= 11 is 0. The predicted molar refractivity (Wildman–Crippen MR) is 75.9 cm³/mol. The number of hydrogen-bond donors (Lipinski definition) is 1. The van der Waals surface area contributed by atoms with Crippen molar-refractivity contribution in [1.82, 2.24) is 9.78 Å². The first-order chi connectivity index (χ1) is 8.97. The van der Waals surface area contributed by atoms with Gasteiger partial charge in [0.1, 0.15) is 5.69 Å². The van der Waals surface area contributed by atoms with Crippen molar-refractivity contribution in [2.24, 2.45) is 7.05 Å². The Morgan fingerprint density at radius 2 is 2.21 bits per heavy atom. The Morgan fingerprint density at radius 1 is 1.53 bits per heavy atom. The zero-order valence-electron chi connectivity index (χ0n) is 11.5. The molecule has 0 saturated carbocycles. The average Bonchev–Trinajstić information content (AvgIpc) is 2.61. The Balaban J connectivity index is 2.81. The quantitative estimate of drug-likeness (QED) is 0.444. The normalized spacial score (nSPS) is 12.4. The Labute approximate surface area is 115 Å². The van der Waals surface area contributed by atoms with Crippen LogP contribution in [0.3, 0.4) is 0 Å². The van der Waals surface area contributed by atoms with E-state index in [4.69, 9.17) is 0 Å². The smallest absolute Gasteiger partial charge is 0.333 e. The molecule has 0 aromatic carbocycles. The maximum atomic E-state index is 11.1. The number of nitrogens with zero attached hydrogens (tertiary/aromatic N) is 3. The maximum Gasteiger partial charge on any atom is 0.333 e. The van der Waals surface area contributed by atoms with Crippen LogP contribution < -0.4 is 5.32 Å². The zero-order valence-corrected chi connectivity index (χ0v) is 12.3. The highest BCUT2D eigenvalue weighted by Gasteiger charge is 2.25. The molecule has 0 aliphatic rings. The van der Waals surface area contributed by atoms with Gasteiger partial charge in [-0.1, -0.05) is 13.3 Å². The Bertz CT molecular complexity index is 473. The minimum atomic E-state index is -0.837. The number of nitro groups is 1. The van der Waals surface area contributed by atoms with E-state index in [1.54, 1.807) is 13.3 Å². The van der Waals surface area contributed by atoms with E-state index in [-0.39, 0.29) is 5.69 Å². The van der Waals surface area contributed by atoms with Gasteiger partial charge >= 0.3 is 5.69 Å². The molecule has 0 saturated heterocycles. The van der Waals surface area contributed by atoms with Crippen molar-refractivity contribution in [2.75, 3.05) is 23.9 Å². The summed E-state index contributed by atoms with van der Waals surface area (Å²) in [5.74, 6) is 1.01. The van der Waals surface area contributed by atoms with Gasteiger partial charge in [0, 0.05) is 36.4 Å². The Hall–Kier alpha value is -1.44. The number of anilines is 1. The van der Waals surface area contributed by atoms with Crippen LogP contribution in [-0.2, 0) is 24.3 Å². The van der Waals surface area contributed by atoms with Crippen molar-refractivity contribution in [3.05, 3.63) is 15.8 Å². The van der Waals surface area contributed by atoms with Crippen LogP contribution in [0.4, 0.5) is 11.5 Å². The lowest BCUT2D eigenvalue weighted by molar-refractivity contribution is -0.384. The van der Waals surface area contributed by atoms with Gasteiger partial charge in [-0.25, -0.2) is 4.68 Å². The van der Waals surface area contributed by atoms with Crippen LogP contribution in [0.15, 0.2) is 0 Å². The van der Waals surface area contributed by atoms with E-state index in [0.717, 1.165) is 6.42 Å². The third kappa shape index (κ3) is 4.30. The fourth-order valence-electron chi connectivity index (χ4n) is 1.85. The molecule has 8 heteroatoms. The van der Waals surface area contributed by atoms with Crippen molar-refractivity contribution in [2.45, 2.75) is 26.2 Å². The molecule has 1 atom stereocenters. The number of rotatable bonds is 8. The van der Waals surface area contributed by atoms with Crippen LogP contribution in [0, 0.1) is 10.1 Å². The summed E-state index contributed by atoms with van der Waals surface area (Å²) in [5.41, 5.74) is 0.568. The van der Waals surface area contributed by atoms with Crippen LogP contribution >= 0.6 is 0 Å². The molecule has 1 N–H and O–H groups in total. The van der Waals surface area contributed by atoms with E-state index in [2.05, 4.69) is 10.4 Å². The molecule has 7 nitrogen and oxygen atoms in total. The van der Waals surface area contributed by atoms with Gasteiger partial charge in [-0.15, -0.1) is 0 Å². The minimum Gasteiger partial charge on any atom is -0.365 e. The fourth-order valence-corrected chi connectivity index (χ4v) is 2.40. The van der Waals surface area contributed by atoms with Crippen molar-refractivity contribution in [1.29, 1.82) is 0 Å². The predicted octanol–water partition coefficient (Wildman–Crippen LogP) is 1.46. The largest absolute Gasteiger partial charge is 0.365 e. The van der Waals surface area contributed by atoms with Crippen molar-refractivity contribution in [3.8, 4) is 0 Å². The molecule has 1 rings (SSSR count). The Kier molecular flexibility index (Phi) is 5.94. The van der Waals surface area contributed by atoms with Crippen LogP contribution in [0.1, 0.15) is 25.5 Å². The second-order valence-electron chi connectivity index (χ2n) is 4.33.